The highest BCUT2D eigenvalue weighted by molar-refractivity contribution is 6.33. The number of fused-ring (bicyclic) bond motifs is 1. The predicted octanol–water partition coefficient (Wildman–Crippen LogP) is 2.21. The van der Waals surface area contributed by atoms with Gasteiger partial charge in [0, 0.05) is 32.4 Å². The number of alkyl halides is 3. The lowest BCUT2D eigenvalue weighted by molar-refractivity contribution is -0.137. The second kappa shape index (κ2) is 6.47. The van der Waals surface area contributed by atoms with Crippen LogP contribution in [0.1, 0.15) is 21.7 Å². The number of hydrazine groups is 1. The van der Waals surface area contributed by atoms with E-state index in [1.165, 1.54) is 0 Å². The molecule has 10 heteroatoms. The number of rotatable bonds is 2. The fourth-order valence-electron chi connectivity index (χ4n) is 2.76. The molecule has 0 radical (unpaired) electrons. The second-order valence-corrected chi connectivity index (χ2v) is 6.45. The summed E-state index contributed by atoms with van der Waals surface area (Å²) in [5.41, 5.74) is 2.28. The van der Waals surface area contributed by atoms with E-state index in [4.69, 9.17) is 11.6 Å². The zero-order valence-electron chi connectivity index (χ0n) is 13.7. The molecule has 136 valence electrons. The lowest BCUT2D eigenvalue weighted by Crippen LogP contribution is -2.52. The number of carbonyl (C=O) groups is 1. The van der Waals surface area contributed by atoms with Crippen molar-refractivity contribution in [3.8, 4) is 0 Å². The average molecular weight is 376 g/mol. The Morgan fingerprint density at radius 1 is 1.28 bits per heavy atom. The molecule has 0 unspecified atom stereocenters. The van der Waals surface area contributed by atoms with Crippen LogP contribution in [0.3, 0.4) is 0 Å². The SMILES string of the molecule is Cc1nc2c(Cl)cc(C(F)(F)F)cn2c1C(=O)NN1CCN(C)CC1. The Hall–Kier alpha value is -1.84. The van der Waals surface area contributed by atoms with Gasteiger partial charge in [0.25, 0.3) is 5.91 Å². The van der Waals surface area contributed by atoms with Gasteiger partial charge in [-0.15, -0.1) is 0 Å². The smallest absolute Gasteiger partial charge is 0.304 e. The molecule has 1 aliphatic heterocycles. The van der Waals surface area contributed by atoms with Crippen LogP contribution in [0.5, 0.6) is 0 Å². The topological polar surface area (TPSA) is 52.9 Å². The lowest BCUT2D eigenvalue weighted by Gasteiger charge is -2.32. The molecule has 1 saturated heterocycles. The lowest BCUT2D eigenvalue weighted by atomic mass is 10.2. The Balaban J connectivity index is 1.96. The number of carbonyl (C=O) groups excluding carboxylic acids is 1. The number of aryl methyl sites for hydroxylation is 1. The summed E-state index contributed by atoms with van der Waals surface area (Å²) in [6.45, 7) is 4.40. The van der Waals surface area contributed by atoms with Gasteiger partial charge in [-0.25, -0.2) is 9.99 Å². The third kappa shape index (κ3) is 3.58. The number of pyridine rings is 1. The summed E-state index contributed by atoms with van der Waals surface area (Å²) in [5, 5.41) is 1.59. The summed E-state index contributed by atoms with van der Waals surface area (Å²) in [7, 11) is 1.98. The maximum Gasteiger partial charge on any atom is 0.417 e. The number of hydrogen-bond acceptors (Lipinski definition) is 4. The molecule has 25 heavy (non-hydrogen) atoms. The summed E-state index contributed by atoms with van der Waals surface area (Å²) in [6, 6.07) is 0.811. The summed E-state index contributed by atoms with van der Waals surface area (Å²) in [4.78, 5) is 18.9. The van der Waals surface area contributed by atoms with E-state index in [0.717, 1.165) is 29.8 Å². The molecule has 0 atom stereocenters. The number of amides is 1. The van der Waals surface area contributed by atoms with Gasteiger partial charge in [0.2, 0.25) is 0 Å². The van der Waals surface area contributed by atoms with Crippen LogP contribution >= 0.6 is 11.6 Å². The fourth-order valence-corrected chi connectivity index (χ4v) is 3.01. The molecule has 6 nitrogen and oxygen atoms in total. The van der Waals surface area contributed by atoms with Crippen molar-refractivity contribution in [2.24, 2.45) is 0 Å². The summed E-state index contributed by atoms with van der Waals surface area (Å²) < 4.78 is 40.2. The largest absolute Gasteiger partial charge is 0.417 e. The first-order valence-electron chi connectivity index (χ1n) is 7.66. The first-order chi connectivity index (χ1) is 11.7. The number of aromatic nitrogens is 2. The maximum absolute atomic E-state index is 13.0. The number of hydrogen-bond donors (Lipinski definition) is 1. The quantitative estimate of drug-likeness (QED) is 0.874. The minimum absolute atomic E-state index is 0.0435. The van der Waals surface area contributed by atoms with Gasteiger partial charge >= 0.3 is 6.18 Å². The van der Waals surface area contributed by atoms with Gasteiger partial charge in [0.05, 0.1) is 16.3 Å². The predicted molar refractivity (Wildman–Crippen MR) is 86.5 cm³/mol. The Bertz CT molecular complexity index is 812. The molecule has 0 aromatic carbocycles. The van der Waals surface area contributed by atoms with Crippen LogP contribution in [-0.2, 0) is 6.18 Å². The van der Waals surface area contributed by atoms with E-state index in [9.17, 15) is 18.0 Å². The molecule has 2 aromatic rings. The molecule has 3 heterocycles. The second-order valence-electron chi connectivity index (χ2n) is 6.05. The van der Waals surface area contributed by atoms with Crippen LogP contribution in [0.15, 0.2) is 12.3 Å². The normalized spacial score (nSPS) is 17.2. The van der Waals surface area contributed by atoms with Crippen LogP contribution in [-0.4, -0.2) is 58.4 Å². The van der Waals surface area contributed by atoms with Crippen molar-refractivity contribution in [1.82, 2.24) is 24.7 Å². The van der Waals surface area contributed by atoms with Gasteiger partial charge in [0.15, 0.2) is 5.65 Å². The first-order valence-corrected chi connectivity index (χ1v) is 8.04. The van der Waals surface area contributed by atoms with Crippen molar-refractivity contribution >= 4 is 23.2 Å². The molecule has 3 rings (SSSR count). The van der Waals surface area contributed by atoms with Gasteiger partial charge in [-0.3, -0.25) is 14.6 Å². The number of imidazole rings is 1. The van der Waals surface area contributed by atoms with Crippen molar-refractivity contribution < 1.29 is 18.0 Å². The summed E-state index contributed by atoms with van der Waals surface area (Å²) >= 11 is 5.94. The number of nitrogens with zero attached hydrogens (tertiary/aromatic N) is 4. The Kier molecular flexibility index (Phi) is 4.65. The minimum atomic E-state index is -4.57. The maximum atomic E-state index is 13.0. The third-order valence-corrected chi connectivity index (χ3v) is 4.43. The van der Waals surface area contributed by atoms with Crippen molar-refractivity contribution in [3.63, 3.8) is 0 Å². The molecule has 1 aliphatic rings. The van der Waals surface area contributed by atoms with Crippen molar-refractivity contribution in [2.75, 3.05) is 33.2 Å². The Morgan fingerprint density at radius 2 is 1.92 bits per heavy atom. The van der Waals surface area contributed by atoms with E-state index in [2.05, 4.69) is 15.3 Å². The molecule has 2 aromatic heterocycles. The van der Waals surface area contributed by atoms with Crippen molar-refractivity contribution in [1.29, 1.82) is 0 Å². The van der Waals surface area contributed by atoms with Gasteiger partial charge < -0.3 is 4.90 Å². The minimum Gasteiger partial charge on any atom is -0.304 e. The standard InChI is InChI=1S/C15H17ClF3N5O/c1-9-12(14(25)21-23-5-3-22(2)4-6-23)24-8-10(15(17,18)19)7-11(16)13(24)20-9/h7-8H,3-6H2,1-2H3,(H,21,25). The van der Waals surface area contributed by atoms with E-state index in [-0.39, 0.29) is 16.4 Å². The van der Waals surface area contributed by atoms with Gasteiger partial charge in [-0.1, -0.05) is 11.6 Å². The van der Waals surface area contributed by atoms with Crippen LogP contribution in [0.25, 0.3) is 5.65 Å². The van der Waals surface area contributed by atoms with Gasteiger partial charge in [0.1, 0.15) is 5.69 Å². The van der Waals surface area contributed by atoms with E-state index >= 15 is 0 Å². The van der Waals surface area contributed by atoms with Gasteiger partial charge in [-0.2, -0.15) is 13.2 Å². The van der Waals surface area contributed by atoms with Crippen LogP contribution in [0.4, 0.5) is 13.2 Å². The summed E-state index contributed by atoms with van der Waals surface area (Å²) in [6.07, 6.45) is -3.72. The first kappa shape index (κ1) is 18.0. The molecule has 0 aliphatic carbocycles. The molecule has 1 N–H and O–H groups in total. The summed E-state index contributed by atoms with van der Waals surface area (Å²) in [5.74, 6) is -0.509. The van der Waals surface area contributed by atoms with E-state index < -0.39 is 17.6 Å². The monoisotopic (exact) mass is 375 g/mol. The van der Waals surface area contributed by atoms with Crippen LogP contribution < -0.4 is 5.43 Å². The van der Waals surface area contributed by atoms with Crippen molar-refractivity contribution in [3.05, 3.63) is 34.2 Å². The third-order valence-electron chi connectivity index (χ3n) is 4.15. The van der Waals surface area contributed by atoms with Crippen LogP contribution in [0, 0.1) is 6.92 Å². The molecule has 1 amide bonds. The Labute approximate surface area is 147 Å². The molecule has 1 fully saturated rings. The molecular formula is C15H17ClF3N5O. The highest BCUT2D eigenvalue weighted by Crippen LogP contribution is 2.33. The molecule has 0 saturated carbocycles. The highest BCUT2D eigenvalue weighted by Gasteiger charge is 2.33. The van der Waals surface area contributed by atoms with Crippen LogP contribution in [0.2, 0.25) is 5.02 Å². The number of halogens is 4. The van der Waals surface area contributed by atoms with Crippen molar-refractivity contribution in [2.45, 2.75) is 13.1 Å². The van der Waals surface area contributed by atoms with E-state index in [0.29, 0.717) is 18.8 Å². The fraction of sp³-hybridized carbons (Fsp3) is 0.467. The molecular weight excluding hydrogens is 359 g/mol. The zero-order valence-corrected chi connectivity index (χ0v) is 14.4. The van der Waals surface area contributed by atoms with E-state index in [1.54, 1.807) is 11.9 Å². The number of nitrogens with one attached hydrogen (secondary N) is 1. The number of likely N-dealkylation sites (N-methyl/N-ethyl adjacent to an activating group) is 1. The van der Waals surface area contributed by atoms with E-state index in [1.807, 2.05) is 7.05 Å². The highest BCUT2D eigenvalue weighted by atomic mass is 35.5. The molecule has 0 bridgehead atoms. The molecule has 0 spiro atoms. The van der Waals surface area contributed by atoms with Gasteiger partial charge in [-0.05, 0) is 20.0 Å². The average Bonchev–Trinajstić information content (AvgIpc) is 2.85. The number of piperazine rings is 1. The zero-order chi connectivity index (χ0) is 18.4. The Morgan fingerprint density at radius 3 is 2.52 bits per heavy atom.